The number of methoxy groups -OCH3 is 1. The molecule has 4 nitrogen and oxygen atoms in total. The second kappa shape index (κ2) is 7.42. The van der Waals surface area contributed by atoms with Gasteiger partial charge >= 0.3 is 5.97 Å². The molecule has 0 N–H and O–H groups in total. The van der Waals surface area contributed by atoms with Gasteiger partial charge in [0.05, 0.1) is 19.3 Å². The van der Waals surface area contributed by atoms with Crippen molar-refractivity contribution in [1.82, 2.24) is 0 Å². The minimum Gasteiger partial charge on any atom is -0.497 e. The number of carbonyl (C=O) groups is 2. The summed E-state index contributed by atoms with van der Waals surface area (Å²) >= 11 is 0. The highest BCUT2D eigenvalue weighted by Gasteiger charge is 2.57. The molecule has 0 radical (unpaired) electrons. The Morgan fingerprint density at radius 1 is 0.933 bits per heavy atom. The smallest absolute Gasteiger partial charge is 0.338 e. The first kappa shape index (κ1) is 19.1. The van der Waals surface area contributed by atoms with Crippen molar-refractivity contribution in [2.45, 2.75) is 26.2 Å². The molecular formula is C26H26O4. The van der Waals surface area contributed by atoms with Gasteiger partial charge in [0.15, 0.2) is 5.78 Å². The third-order valence-corrected chi connectivity index (χ3v) is 7.15. The van der Waals surface area contributed by atoms with Crippen LogP contribution in [0.1, 0.15) is 47.7 Å². The standard InChI is InChI=1S/C26H26O4/c1-3-30-26(28)17-6-4-15(5-7-17)21-22-18-8-9-19(14-18)24(22)25(27)23(21)16-10-12-20(29-2)13-11-16/h4-7,10-13,18-19,22,24H,3,8-9,14H2,1-2H3/t18-,19+,22-,24-/m1/s1. The van der Waals surface area contributed by atoms with E-state index >= 15 is 0 Å². The molecule has 0 aromatic heterocycles. The van der Waals surface area contributed by atoms with Crippen molar-refractivity contribution >= 4 is 22.9 Å². The molecule has 2 aromatic rings. The summed E-state index contributed by atoms with van der Waals surface area (Å²) in [7, 11) is 1.65. The summed E-state index contributed by atoms with van der Waals surface area (Å²) in [6, 6.07) is 15.4. The second-order valence-electron chi connectivity index (χ2n) is 8.56. The summed E-state index contributed by atoms with van der Waals surface area (Å²) in [4.78, 5) is 25.7. The van der Waals surface area contributed by atoms with Gasteiger partial charge < -0.3 is 9.47 Å². The lowest BCUT2D eigenvalue weighted by molar-refractivity contribution is -0.118. The lowest BCUT2D eigenvalue weighted by atomic mass is 9.77. The summed E-state index contributed by atoms with van der Waals surface area (Å²) < 4.78 is 10.4. The normalized spacial score (nSPS) is 26.8. The number of Topliss-reactive ketones (excluding diaryl/α,β-unsaturated/α-hetero) is 1. The van der Waals surface area contributed by atoms with Crippen molar-refractivity contribution in [1.29, 1.82) is 0 Å². The first-order valence-electron chi connectivity index (χ1n) is 10.8. The zero-order valence-corrected chi connectivity index (χ0v) is 17.4. The molecule has 5 rings (SSSR count). The van der Waals surface area contributed by atoms with Crippen LogP contribution < -0.4 is 4.74 Å². The van der Waals surface area contributed by atoms with Gasteiger partial charge in [0.2, 0.25) is 0 Å². The monoisotopic (exact) mass is 402 g/mol. The molecule has 3 aliphatic rings. The number of ether oxygens (including phenoxy) is 2. The molecular weight excluding hydrogens is 376 g/mol. The molecule has 2 fully saturated rings. The van der Waals surface area contributed by atoms with Gasteiger partial charge in [-0.1, -0.05) is 24.3 Å². The maximum absolute atomic E-state index is 13.6. The van der Waals surface area contributed by atoms with E-state index in [1.807, 2.05) is 48.5 Å². The van der Waals surface area contributed by atoms with E-state index in [1.54, 1.807) is 14.0 Å². The Kier molecular flexibility index (Phi) is 4.73. The van der Waals surface area contributed by atoms with E-state index in [0.29, 0.717) is 35.7 Å². The first-order chi connectivity index (χ1) is 14.6. The van der Waals surface area contributed by atoms with Gasteiger partial charge in [-0.15, -0.1) is 0 Å². The molecule has 0 heterocycles. The minimum absolute atomic E-state index is 0.112. The molecule has 0 spiro atoms. The molecule has 2 saturated carbocycles. The highest BCUT2D eigenvalue weighted by molar-refractivity contribution is 6.32. The van der Waals surface area contributed by atoms with E-state index < -0.39 is 0 Å². The van der Waals surface area contributed by atoms with Crippen molar-refractivity contribution < 1.29 is 19.1 Å². The predicted octanol–water partition coefficient (Wildman–Crippen LogP) is 5.03. The van der Waals surface area contributed by atoms with Crippen LogP contribution in [-0.2, 0) is 9.53 Å². The summed E-state index contributed by atoms with van der Waals surface area (Å²) in [6.07, 6.45) is 3.54. The van der Waals surface area contributed by atoms with E-state index in [-0.39, 0.29) is 11.9 Å². The quantitative estimate of drug-likeness (QED) is 0.659. The Morgan fingerprint density at radius 3 is 2.20 bits per heavy atom. The van der Waals surface area contributed by atoms with Crippen LogP contribution in [0.3, 0.4) is 0 Å². The molecule has 2 aromatic carbocycles. The van der Waals surface area contributed by atoms with E-state index in [2.05, 4.69) is 0 Å². The molecule has 2 bridgehead atoms. The van der Waals surface area contributed by atoms with Gasteiger partial charge in [0, 0.05) is 11.5 Å². The van der Waals surface area contributed by atoms with Gasteiger partial charge in [-0.25, -0.2) is 4.79 Å². The second-order valence-corrected chi connectivity index (χ2v) is 8.56. The number of esters is 1. The minimum atomic E-state index is -0.311. The number of ketones is 1. The maximum Gasteiger partial charge on any atom is 0.338 e. The van der Waals surface area contributed by atoms with Crippen LogP contribution in [0.15, 0.2) is 48.5 Å². The lowest BCUT2D eigenvalue weighted by Gasteiger charge is -2.26. The zero-order chi connectivity index (χ0) is 20.8. The number of hydrogen-bond donors (Lipinski definition) is 0. The fourth-order valence-electron chi connectivity index (χ4n) is 5.94. The van der Waals surface area contributed by atoms with Crippen molar-refractivity contribution in [3.8, 4) is 5.75 Å². The third kappa shape index (κ3) is 2.89. The summed E-state index contributed by atoms with van der Waals surface area (Å²) in [6.45, 7) is 2.16. The van der Waals surface area contributed by atoms with E-state index in [0.717, 1.165) is 28.0 Å². The molecule has 4 atom stereocenters. The molecule has 3 aliphatic carbocycles. The fraction of sp³-hybridized carbons (Fsp3) is 0.385. The molecule has 0 unspecified atom stereocenters. The van der Waals surface area contributed by atoms with Crippen LogP contribution in [0.25, 0.3) is 11.1 Å². The number of allylic oxidation sites excluding steroid dienone is 2. The number of fused-ring (bicyclic) bond motifs is 5. The Morgan fingerprint density at radius 2 is 1.57 bits per heavy atom. The van der Waals surface area contributed by atoms with Gasteiger partial charge in [0.1, 0.15) is 5.75 Å². The molecule has 0 saturated heterocycles. The Balaban J connectivity index is 1.61. The SMILES string of the molecule is CCOC(=O)c1ccc(C2=C(c3ccc(OC)cc3)C(=O)[C@@H]3[C@H]4CC[C@H](C4)[C@H]23)cc1. The summed E-state index contributed by atoms with van der Waals surface area (Å²) in [5, 5.41) is 0. The summed E-state index contributed by atoms with van der Waals surface area (Å²) in [5.74, 6) is 2.26. The average Bonchev–Trinajstić information content (AvgIpc) is 3.47. The molecule has 0 aliphatic heterocycles. The average molecular weight is 402 g/mol. The van der Waals surface area contributed by atoms with E-state index in [9.17, 15) is 9.59 Å². The Hall–Kier alpha value is -2.88. The van der Waals surface area contributed by atoms with Crippen LogP contribution in [0, 0.1) is 23.7 Å². The van der Waals surface area contributed by atoms with Crippen LogP contribution in [0.5, 0.6) is 5.75 Å². The van der Waals surface area contributed by atoms with E-state index in [1.165, 1.54) is 19.3 Å². The van der Waals surface area contributed by atoms with E-state index in [4.69, 9.17) is 9.47 Å². The first-order valence-corrected chi connectivity index (χ1v) is 10.8. The van der Waals surface area contributed by atoms with Crippen LogP contribution in [0.4, 0.5) is 0 Å². The highest BCUT2D eigenvalue weighted by atomic mass is 16.5. The fourth-order valence-corrected chi connectivity index (χ4v) is 5.94. The van der Waals surface area contributed by atoms with Crippen molar-refractivity contribution in [2.75, 3.05) is 13.7 Å². The number of hydrogen-bond acceptors (Lipinski definition) is 4. The number of rotatable bonds is 5. The third-order valence-electron chi connectivity index (χ3n) is 7.15. The Labute approximate surface area is 176 Å². The van der Waals surface area contributed by atoms with Crippen molar-refractivity contribution in [3.05, 3.63) is 65.2 Å². The zero-order valence-electron chi connectivity index (χ0n) is 17.4. The van der Waals surface area contributed by atoms with Gasteiger partial charge in [-0.05, 0) is 84.9 Å². The largest absolute Gasteiger partial charge is 0.497 e. The maximum atomic E-state index is 13.6. The van der Waals surface area contributed by atoms with Crippen LogP contribution >= 0.6 is 0 Å². The van der Waals surface area contributed by atoms with Crippen LogP contribution in [-0.4, -0.2) is 25.5 Å². The summed E-state index contributed by atoms with van der Waals surface area (Å²) in [5.41, 5.74) is 4.56. The van der Waals surface area contributed by atoms with Gasteiger partial charge in [-0.2, -0.15) is 0 Å². The molecule has 0 amide bonds. The number of benzene rings is 2. The van der Waals surface area contributed by atoms with Crippen molar-refractivity contribution in [2.24, 2.45) is 23.7 Å². The Bertz CT molecular complexity index is 1020. The topological polar surface area (TPSA) is 52.6 Å². The van der Waals surface area contributed by atoms with Crippen molar-refractivity contribution in [3.63, 3.8) is 0 Å². The number of carbonyl (C=O) groups excluding carboxylic acids is 2. The molecule has 4 heteroatoms. The van der Waals surface area contributed by atoms with Gasteiger partial charge in [-0.3, -0.25) is 4.79 Å². The molecule has 30 heavy (non-hydrogen) atoms. The predicted molar refractivity (Wildman–Crippen MR) is 115 cm³/mol. The highest BCUT2D eigenvalue weighted by Crippen LogP contribution is 2.62. The van der Waals surface area contributed by atoms with Gasteiger partial charge in [0.25, 0.3) is 0 Å². The van der Waals surface area contributed by atoms with Crippen LogP contribution in [0.2, 0.25) is 0 Å². The lowest BCUT2D eigenvalue weighted by Crippen LogP contribution is -2.24. The molecule has 154 valence electrons.